The summed E-state index contributed by atoms with van der Waals surface area (Å²) in [5, 5.41) is 4.09. The van der Waals surface area contributed by atoms with E-state index in [-0.39, 0.29) is 18.0 Å². The summed E-state index contributed by atoms with van der Waals surface area (Å²) < 4.78 is 38.3. The number of halogens is 4. The Morgan fingerprint density at radius 3 is 2.38 bits per heavy atom. The summed E-state index contributed by atoms with van der Waals surface area (Å²) >= 11 is 6.35. The zero-order chi connectivity index (χ0) is 23.3. The van der Waals surface area contributed by atoms with Gasteiger partial charge in [0.25, 0.3) is 0 Å². The molecule has 8 heteroatoms. The summed E-state index contributed by atoms with van der Waals surface area (Å²) in [6.07, 6.45) is -3.70. The molecule has 0 saturated carbocycles. The summed E-state index contributed by atoms with van der Waals surface area (Å²) in [6, 6.07) is 12.6. The lowest BCUT2D eigenvalue weighted by Gasteiger charge is -2.29. The van der Waals surface area contributed by atoms with Crippen LogP contribution in [0.2, 0.25) is 5.02 Å². The number of nitrogens with zero attached hydrogens (tertiary/aromatic N) is 2. The first-order chi connectivity index (χ1) is 15.2. The van der Waals surface area contributed by atoms with Crippen molar-refractivity contribution in [2.24, 2.45) is 0 Å². The van der Waals surface area contributed by atoms with Crippen molar-refractivity contribution in [3.05, 3.63) is 70.2 Å². The number of carbonyl (C=O) groups is 1. The summed E-state index contributed by atoms with van der Waals surface area (Å²) in [5.41, 5.74) is 1.09. The van der Waals surface area contributed by atoms with E-state index in [1.807, 2.05) is 43.0 Å². The first-order valence-electron chi connectivity index (χ1n) is 10.9. The second-order valence-corrected chi connectivity index (χ2v) is 8.46. The molecular weight excluding hydrogens is 439 g/mol. The van der Waals surface area contributed by atoms with Gasteiger partial charge in [-0.3, -0.25) is 9.69 Å². The molecule has 0 radical (unpaired) electrons. The maximum atomic E-state index is 13.2. The number of amides is 1. The number of alkyl halides is 3. The second kappa shape index (κ2) is 10.7. The van der Waals surface area contributed by atoms with E-state index in [1.54, 1.807) is 0 Å². The minimum absolute atomic E-state index is 0.0456. The van der Waals surface area contributed by atoms with E-state index in [4.69, 9.17) is 11.6 Å². The van der Waals surface area contributed by atoms with Crippen molar-refractivity contribution in [1.82, 2.24) is 15.1 Å². The van der Waals surface area contributed by atoms with Crippen molar-refractivity contribution in [3.8, 4) is 0 Å². The number of carbonyl (C=O) groups excluding carboxylic acids is 1. The standard InChI is InChI=1S/C24H29ClF3N3O/c1-3-30(4-2)23(32)22-13-20(16-31(22)15-18-7-5-6-8-21(18)25)29-14-17-9-11-19(12-10-17)24(26,27)28/h5-12,20,22,29H,3-4,13-16H2,1-2H3/t20-,22-/m0/s1. The SMILES string of the molecule is CCN(CC)C(=O)[C@@H]1C[C@H](NCc2ccc(C(F)(F)F)cc2)CN1Cc1ccccc1Cl. The highest BCUT2D eigenvalue weighted by Crippen LogP contribution is 2.29. The number of hydrogen-bond donors (Lipinski definition) is 1. The van der Waals surface area contributed by atoms with E-state index in [0.717, 1.165) is 23.3 Å². The number of likely N-dealkylation sites (N-methyl/N-ethyl adjacent to an activating group) is 1. The molecule has 0 spiro atoms. The maximum absolute atomic E-state index is 13.2. The lowest BCUT2D eigenvalue weighted by molar-refractivity contribution is -0.137. The van der Waals surface area contributed by atoms with Gasteiger partial charge < -0.3 is 10.2 Å². The van der Waals surface area contributed by atoms with Crippen molar-refractivity contribution in [2.75, 3.05) is 19.6 Å². The summed E-state index contributed by atoms with van der Waals surface area (Å²) in [4.78, 5) is 17.1. The van der Waals surface area contributed by atoms with Crippen LogP contribution in [0.3, 0.4) is 0 Å². The molecule has 2 aromatic rings. The average Bonchev–Trinajstić information content (AvgIpc) is 3.17. The van der Waals surface area contributed by atoms with Crippen LogP contribution in [0.1, 0.15) is 37.0 Å². The molecule has 0 bridgehead atoms. The zero-order valence-electron chi connectivity index (χ0n) is 18.3. The Morgan fingerprint density at radius 1 is 1.12 bits per heavy atom. The van der Waals surface area contributed by atoms with Crippen molar-refractivity contribution >= 4 is 17.5 Å². The molecule has 1 N–H and O–H groups in total. The summed E-state index contributed by atoms with van der Waals surface area (Å²) in [6.45, 7) is 6.89. The first-order valence-corrected chi connectivity index (χ1v) is 11.3. The Bertz CT molecular complexity index is 900. The van der Waals surface area contributed by atoms with Gasteiger partial charge in [-0.2, -0.15) is 13.2 Å². The van der Waals surface area contributed by atoms with Crippen LogP contribution in [0.5, 0.6) is 0 Å². The van der Waals surface area contributed by atoms with Gasteiger partial charge >= 0.3 is 6.18 Å². The lowest BCUT2D eigenvalue weighted by atomic mass is 10.1. The highest BCUT2D eigenvalue weighted by atomic mass is 35.5. The van der Waals surface area contributed by atoms with Gasteiger partial charge in [-0.05, 0) is 49.6 Å². The lowest BCUT2D eigenvalue weighted by Crippen LogP contribution is -2.45. The third-order valence-corrected chi connectivity index (χ3v) is 6.34. The highest BCUT2D eigenvalue weighted by molar-refractivity contribution is 6.31. The van der Waals surface area contributed by atoms with E-state index in [0.29, 0.717) is 44.2 Å². The number of nitrogens with one attached hydrogen (secondary N) is 1. The van der Waals surface area contributed by atoms with Crippen LogP contribution < -0.4 is 5.32 Å². The highest BCUT2D eigenvalue weighted by Gasteiger charge is 2.38. The van der Waals surface area contributed by atoms with E-state index in [9.17, 15) is 18.0 Å². The van der Waals surface area contributed by atoms with Crippen LogP contribution >= 0.6 is 11.6 Å². The van der Waals surface area contributed by atoms with E-state index >= 15 is 0 Å². The van der Waals surface area contributed by atoms with Gasteiger partial charge in [-0.1, -0.05) is 41.9 Å². The molecular formula is C24H29ClF3N3O. The van der Waals surface area contributed by atoms with Crippen LogP contribution in [-0.2, 0) is 24.1 Å². The third-order valence-electron chi connectivity index (χ3n) is 5.97. The van der Waals surface area contributed by atoms with Crippen LogP contribution in [0.25, 0.3) is 0 Å². The fourth-order valence-electron chi connectivity index (χ4n) is 4.15. The topological polar surface area (TPSA) is 35.6 Å². The molecule has 1 saturated heterocycles. The number of hydrogen-bond acceptors (Lipinski definition) is 3. The minimum Gasteiger partial charge on any atom is -0.342 e. The molecule has 1 aliphatic rings. The Morgan fingerprint density at radius 2 is 1.78 bits per heavy atom. The summed E-state index contributed by atoms with van der Waals surface area (Å²) in [7, 11) is 0. The molecule has 2 aromatic carbocycles. The molecule has 1 fully saturated rings. The molecule has 174 valence electrons. The number of benzene rings is 2. The number of likely N-dealkylation sites (tertiary alicyclic amines) is 1. The van der Waals surface area contributed by atoms with E-state index in [1.165, 1.54) is 12.1 Å². The smallest absolute Gasteiger partial charge is 0.342 e. The van der Waals surface area contributed by atoms with Crippen LogP contribution in [0.4, 0.5) is 13.2 Å². The number of rotatable bonds is 8. The molecule has 1 heterocycles. The first kappa shape index (κ1) is 24.6. The quantitative estimate of drug-likeness (QED) is 0.596. The molecule has 4 nitrogen and oxygen atoms in total. The van der Waals surface area contributed by atoms with Gasteiger partial charge in [-0.15, -0.1) is 0 Å². The van der Waals surface area contributed by atoms with Crippen LogP contribution in [0.15, 0.2) is 48.5 Å². The van der Waals surface area contributed by atoms with Crippen molar-refractivity contribution in [1.29, 1.82) is 0 Å². The Hall–Kier alpha value is -2.09. The predicted molar refractivity (Wildman–Crippen MR) is 120 cm³/mol. The molecule has 1 aliphatic heterocycles. The minimum atomic E-state index is -4.34. The zero-order valence-corrected chi connectivity index (χ0v) is 19.1. The van der Waals surface area contributed by atoms with Gasteiger partial charge in [0, 0.05) is 43.8 Å². The van der Waals surface area contributed by atoms with Gasteiger partial charge in [0.1, 0.15) is 0 Å². The molecule has 3 rings (SSSR count). The Balaban J connectivity index is 1.69. The Kier molecular flexibility index (Phi) is 8.20. The van der Waals surface area contributed by atoms with Crippen LogP contribution in [-0.4, -0.2) is 47.4 Å². The Labute approximate surface area is 192 Å². The van der Waals surface area contributed by atoms with Crippen molar-refractivity contribution in [2.45, 2.75) is 51.6 Å². The fourth-order valence-corrected chi connectivity index (χ4v) is 4.34. The molecule has 2 atom stereocenters. The molecule has 32 heavy (non-hydrogen) atoms. The van der Waals surface area contributed by atoms with Crippen molar-refractivity contribution in [3.63, 3.8) is 0 Å². The largest absolute Gasteiger partial charge is 0.416 e. The average molecular weight is 468 g/mol. The second-order valence-electron chi connectivity index (χ2n) is 8.06. The normalized spacial score (nSPS) is 19.3. The van der Waals surface area contributed by atoms with Gasteiger partial charge in [0.05, 0.1) is 11.6 Å². The molecule has 0 aromatic heterocycles. The predicted octanol–water partition coefficient (Wildman–Crippen LogP) is 4.96. The van der Waals surface area contributed by atoms with Crippen LogP contribution in [0, 0.1) is 0 Å². The van der Waals surface area contributed by atoms with Gasteiger partial charge in [0.15, 0.2) is 0 Å². The molecule has 1 amide bonds. The molecule has 0 unspecified atom stereocenters. The van der Waals surface area contributed by atoms with E-state index < -0.39 is 11.7 Å². The van der Waals surface area contributed by atoms with Gasteiger partial charge in [-0.25, -0.2) is 0 Å². The monoisotopic (exact) mass is 467 g/mol. The summed E-state index contributed by atoms with van der Waals surface area (Å²) in [5.74, 6) is 0.0980. The molecule has 0 aliphatic carbocycles. The third kappa shape index (κ3) is 6.03. The van der Waals surface area contributed by atoms with Crippen molar-refractivity contribution < 1.29 is 18.0 Å². The maximum Gasteiger partial charge on any atom is 0.416 e. The van der Waals surface area contributed by atoms with E-state index in [2.05, 4.69) is 10.2 Å². The fraction of sp³-hybridized carbons (Fsp3) is 0.458. The van der Waals surface area contributed by atoms with Gasteiger partial charge in [0.2, 0.25) is 5.91 Å².